The zero-order valence-electron chi connectivity index (χ0n) is 24.2. The van der Waals surface area contributed by atoms with E-state index in [1.165, 1.54) is 4.90 Å². The molecular formula is C29H42N4O7S. The quantitative estimate of drug-likeness (QED) is 0.243. The molecule has 3 unspecified atom stereocenters. The molecule has 0 bridgehead atoms. The van der Waals surface area contributed by atoms with Gasteiger partial charge in [-0.15, -0.1) is 11.3 Å². The molecule has 226 valence electrons. The molecule has 3 amide bonds. The lowest BCUT2D eigenvalue weighted by Gasteiger charge is -2.35. The van der Waals surface area contributed by atoms with E-state index in [4.69, 9.17) is 14.6 Å². The van der Waals surface area contributed by atoms with Crippen molar-refractivity contribution in [3.8, 4) is 10.4 Å². The Hall–Kier alpha value is -2.90. The summed E-state index contributed by atoms with van der Waals surface area (Å²) in [6.07, 6.45) is -0.162. The number of aromatic nitrogens is 1. The number of carbonyl (C=O) groups excluding carboxylic acids is 3. The number of aliphatic hydroxyl groups excluding tert-OH is 2. The van der Waals surface area contributed by atoms with E-state index in [-0.39, 0.29) is 45.2 Å². The highest BCUT2D eigenvalue weighted by molar-refractivity contribution is 7.13. The number of amides is 3. The number of aryl methyl sites for hydroxylation is 1. The number of β-amino-alcohol motifs (C(OH)–C–C–N with tert-alkyl or cyclic N) is 1. The number of benzene rings is 1. The standard InChI is InChI=1S/C29H42N4O7S/c1-19-25(41-18-31-19)21-8-6-20(7-9-21)15-30-27(37)23-14-22(35)16-33(23)28(38)26(29(2,3)4)32-24(36)17-40-12-5-11-39-13-10-34/h6-9,18,22-23,26,34-35H,5,10-17H2,1-4H3,(H,30,37)(H,32,36). The van der Waals surface area contributed by atoms with Gasteiger partial charge >= 0.3 is 0 Å². The Morgan fingerprint density at radius 2 is 1.85 bits per heavy atom. The van der Waals surface area contributed by atoms with Gasteiger partial charge in [-0.2, -0.15) is 0 Å². The molecule has 0 spiro atoms. The minimum atomic E-state index is -0.921. The fourth-order valence-electron chi connectivity index (χ4n) is 4.58. The molecule has 41 heavy (non-hydrogen) atoms. The van der Waals surface area contributed by atoms with Crippen molar-refractivity contribution in [1.82, 2.24) is 20.5 Å². The maximum Gasteiger partial charge on any atom is 0.246 e. The van der Waals surface area contributed by atoms with Crippen molar-refractivity contribution in [3.05, 3.63) is 41.0 Å². The number of ether oxygens (including phenoxy) is 2. The van der Waals surface area contributed by atoms with Gasteiger partial charge in [-0.3, -0.25) is 14.4 Å². The molecule has 1 aliphatic heterocycles. The molecule has 11 nitrogen and oxygen atoms in total. The predicted octanol–water partition coefficient (Wildman–Crippen LogP) is 1.64. The largest absolute Gasteiger partial charge is 0.394 e. The third kappa shape index (κ3) is 9.57. The number of rotatable bonds is 14. The molecule has 0 aliphatic carbocycles. The van der Waals surface area contributed by atoms with Crippen LogP contribution in [0.3, 0.4) is 0 Å². The monoisotopic (exact) mass is 590 g/mol. The lowest BCUT2D eigenvalue weighted by Crippen LogP contribution is -2.58. The molecule has 4 N–H and O–H groups in total. The van der Waals surface area contributed by atoms with E-state index < -0.39 is 35.4 Å². The van der Waals surface area contributed by atoms with Gasteiger partial charge in [0, 0.05) is 32.7 Å². The Labute approximate surface area is 245 Å². The first-order valence-electron chi connectivity index (χ1n) is 13.8. The van der Waals surface area contributed by atoms with E-state index in [0.29, 0.717) is 19.6 Å². The van der Waals surface area contributed by atoms with Crippen molar-refractivity contribution in [3.63, 3.8) is 0 Å². The predicted molar refractivity (Wildman–Crippen MR) is 155 cm³/mol. The summed E-state index contributed by atoms with van der Waals surface area (Å²) in [5, 5.41) is 24.7. The summed E-state index contributed by atoms with van der Waals surface area (Å²) in [6, 6.07) is 6.08. The maximum absolute atomic E-state index is 13.7. The fraction of sp³-hybridized carbons (Fsp3) is 0.586. The van der Waals surface area contributed by atoms with Gasteiger partial charge in [0.05, 0.1) is 35.4 Å². The van der Waals surface area contributed by atoms with Crippen LogP contribution in [0, 0.1) is 12.3 Å². The summed E-state index contributed by atoms with van der Waals surface area (Å²) in [5.74, 6) is -1.24. The molecule has 1 aromatic carbocycles. The summed E-state index contributed by atoms with van der Waals surface area (Å²) < 4.78 is 10.5. The Bertz CT molecular complexity index is 1150. The van der Waals surface area contributed by atoms with Crippen LogP contribution < -0.4 is 10.6 Å². The van der Waals surface area contributed by atoms with Crippen LogP contribution >= 0.6 is 11.3 Å². The fourth-order valence-corrected chi connectivity index (χ4v) is 5.39. The second-order valence-electron chi connectivity index (χ2n) is 11.2. The van der Waals surface area contributed by atoms with Gasteiger partial charge in [-0.05, 0) is 29.9 Å². The van der Waals surface area contributed by atoms with E-state index in [1.807, 2.05) is 57.5 Å². The van der Waals surface area contributed by atoms with Gasteiger partial charge in [0.1, 0.15) is 18.7 Å². The molecule has 1 aromatic heterocycles. The topological polar surface area (TPSA) is 150 Å². The first kappa shape index (κ1) is 32.6. The molecule has 0 radical (unpaired) electrons. The van der Waals surface area contributed by atoms with Crippen LogP contribution in [0.5, 0.6) is 0 Å². The molecule has 1 fully saturated rings. The van der Waals surface area contributed by atoms with Crippen LogP contribution in [0.4, 0.5) is 0 Å². The number of likely N-dealkylation sites (tertiary alicyclic amines) is 1. The third-order valence-corrected chi connectivity index (χ3v) is 7.74. The number of thiazole rings is 1. The minimum Gasteiger partial charge on any atom is -0.394 e. The summed E-state index contributed by atoms with van der Waals surface area (Å²) in [7, 11) is 0. The average molecular weight is 591 g/mol. The highest BCUT2D eigenvalue weighted by Crippen LogP contribution is 2.28. The lowest BCUT2D eigenvalue weighted by atomic mass is 9.85. The van der Waals surface area contributed by atoms with Crippen LogP contribution in [0.1, 0.15) is 44.9 Å². The number of hydrogen-bond acceptors (Lipinski definition) is 9. The van der Waals surface area contributed by atoms with Crippen molar-refractivity contribution >= 4 is 29.1 Å². The van der Waals surface area contributed by atoms with Crippen molar-refractivity contribution in [2.24, 2.45) is 5.41 Å². The first-order valence-corrected chi connectivity index (χ1v) is 14.7. The van der Waals surface area contributed by atoms with Crippen molar-refractivity contribution in [2.45, 2.75) is 65.3 Å². The van der Waals surface area contributed by atoms with E-state index in [1.54, 1.807) is 11.3 Å². The highest BCUT2D eigenvalue weighted by Gasteiger charge is 2.44. The van der Waals surface area contributed by atoms with Gasteiger partial charge in [-0.1, -0.05) is 45.0 Å². The Kier molecular flexibility index (Phi) is 12.2. The zero-order chi connectivity index (χ0) is 30.0. The minimum absolute atomic E-state index is 0.00656. The smallest absolute Gasteiger partial charge is 0.246 e. The van der Waals surface area contributed by atoms with Crippen molar-refractivity contribution < 1.29 is 34.1 Å². The van der Waals surface area contributed by atoms with Crippen molar-refractivity contribution in [2.75, 3.05) is 39.6 Å². The summed E-state index contributed by atoms with van der Waals surface area (Å²) >= 11 is 1.58. The van der Waals surface area contributed by atoms with Gasteiger partial charge in [-0.25, -0.2) is 4.98 Å². The molecule has 2 heterocycles. The van der Waals surface area contributed by atoms with Gasteiger partial charge in [0.15, 0.2) is 0 Å². The lowest BCUT2D eigenvalue weighted by molar-refractivity contribution is -0.144. The molecular weight excluding hydrogens is 548 g/mol. The van der Waals surface area contributed by atoms with Crippen LogP contribution in [0.25, 0.3) is 10.4 Å². The SMILES string of the molecule is Cc1ncsc1-c1ccc(CNC(=O)C2CC(O)CN2C(=O)C(NC(=O)COCCCOCCO)C(C)(C)C)cc1. The second kappa shape index (κ2) is 15.4. The molecule has 2 aromatic rings. The van der Waals surface area contributed by atoms with Gasteiger partial charge in [0.25, 0.3) is 0 Å². The highest BCUT2D eigenvalue weighted by atomic mass is 32.1. The molecule has 1 saturated heterocycles. The van der Waals surface area contributed by atoms with Crippen LogP contribution in [-0.2, 0) is 30.4 Å². The second-order valence-corrected chi connectivity index (χ2v) is 12.0. The van der Waals surface area contributed by atoms with Crippen LogP contribution in [0.2, 0.25) is 0 Å². The molecule has 1 aliphatic rings. The van der Waals surface area contributed by atoms with Gasteiger partial charge in [0.2, 0.25) is 17.7 Å². The first-order chi connectivity index (χ1) is 19.5. The third-order valence-electron chi connectivity index (χ3n) is 6.76. The number of aliphatic hydroxyl groups is 2. The number of hydrogen-bond donors (Lipinski definition) is 4. The average Bonchev–Trinajstić information content (AvgIpc) is 3.54. The molecule has 3 rings (SSSR count). The molecule has 12 heteroatoms. The summed E-state index contributed by atoms with van der Waals surface area (Å²) in [5.41, 5.74) is 4.09. The zero-order valence-corrected chi connectivity index (χ0v) is 25.0. The van der Waals surface area contributed by atoms with Crippen molar-refractivity contribution in [1.29, 1.82) is 0 Å². The number of carbonyl (C=O) groups is 3. The maximum atomic E-state index is 13.7. The molecule has 3 atom stereocenters. The molecule has 0 saturated carbocycles. The van der Waals surface area contributed by atoms with E-state index in [2.05, 4.69) is 15.6 Å². The van der Waals surface area contributed by atoms with E-state index >= 15 is 0 Å². The van der Waals surface area contributed by atoms with Crippen LogP contribution in [0.15, 0.2) is 29.8 Å². The Morgan fingerprint density at radius 3 is 2.49 bits per heavy atom. The summed E-state index contributed by atoms with van der Waals surface area (Å²) in [6.45, 7) is 8.40. The Morgan fingerprint density at radius 1 is 1.15 bits per heavy atom. The number of nitrogens with one attached hydrogen (secondary N) is 2. The number of nitrogens with zero attached hydrogens (tertiary/aromatic N) is 2. The normalized spacial score (nSPS) is 17.9. The van der Waals surface area contributed by atoms with Gasteiger partial charge < -0.3 is 35.2 Å². The summed E-state index contributed by atoms with van der Waals surface area (Å²) in [4.78, 5) is 46.2. The van der Waals surface area contributed by atoms with Crippen LogP contribution in [-0.4, -0.2) is 95.6 Å². The van der Waals surface area contributed by atoms with E-state index in [0.717, 1.165) is 21.7 Å². The van der Waals surface area contributed by atoms with E-state index in [9.17, 15) is 19.5 Å². The Balaban J connectivity index is 1.57.